The molecule has 28 heavy (non-hydrogen) atoms. The molecule has 3 heterocycles. The van der Waals surface area contributed by atoms with Crippen molar-refractivity contribution < 1.29 is 14.4 Å². The SMILES string of the molecule is NC(=O)[C@@H]1[C@@H]2C(=O)N(c3cccc(Br)c3)C(=O)[C@@H]2[C@@H]2c3ccccc3C=CN12. The van der Waals surface area contributed by atoms with Gasteiger partial charge in [0.25, 0.3) is 0 Å². The van der Waals surface area contributed by atoms with Crippen LogP contribution in [0.15, 0.2) is 59.2 Å². The number of benzene rings is 2. The lowest BCUT2D eigenvalue weighted by Gasteiger charge is -2.34. The van der Waals surface area contributed by atoms with Gasteiger partial charge in [0.1, 0.15) is 6.04 Å². The monoisotopic (exact) mass is 437 g/mol. The molecular formula is C21H16BrN3O3. The Morgan fingerprint density at radius 1 is 1.00 bits per heavy atom. The van der Waals surface area contributed by atoms with E-state index < -0.39 is 29.8 Å². The summed E-state index contributed by atoms with van der Waals surface area (Å²) in [4.78, 5) is 42.0. The van der Waals surface area contributed by atoms with Crippen LogP contribution in [0.25, 0.3) is 6.08 Å². The third-order valence-electron chi connectivity index (χ3n) is 5.82. The normalized spacial score (nSPS) is 27.6. The molecule has 2 fully saturated rings. The third-order valence-corrected chi connectivity index (χ3v) is 6.31. The predicted octanol–water partition coefficient (Wildman–Crippen LogP) is 2.45. The molecule has 2 aromatic rings. The number of fused-ring (bicyclic) bond motifs is 5. The van der Waals surface area contributed by atoms with E-state index >= 15 is 0 Å². The Kier molecular flexibility index (Phi) is 3.71. The number of rotatable bonds is 2. The number of nitrogens with zero attached hydrogens (tertiary/aromatic N) is 2. The fraction of sp³-hybridized carbons (Fsp3) is 0.190. The van der Waals surface area contributed by atoms with E-state index in [2.05, 4.69) is 15.9 Å². The van der Waals surface area contributed by atoms with Gasteiger partial charge in [-0.05, 0) is 35.4 Å². The van der Waals surface area contributed by atoms with Crippen LogP contribution in [0.5, 0.6) is 0 Å². The standard InChI is InChI=1S/C21H16BrN3O3/c22-12-5-3-6-13(10-12)25-20(27)15-16(21(25)28)18(19(23)26)24-9-8-11-4-1-2-7-14(11)17(15)24/h1-10,15-18H,(H2,23,26)/t15-,16+,17-,18-/m0/s1. The summed E-state index contributed by atoms with van der Waals surface area (Å²) in [5.74, 6) is -2.73. The van der Waals surface area contributed by atoms with Gasteiger partial charge in [-0.15, -0.1) is 0 Å². The first-order valence-electron chi connectivity index (χ1n) is 8.96. The number of hydrogen-bond acceptors (Lipinski definition) is 4. The highest BCUT2D eigenvalue weighted by molar-refractivity contribution is 9.10. The van der Waals surface area contributed by atoms with Crippen molar-refractivity contribution in [1.82, 2.24) is 4.90 Å². The van der Waals surface area contributed by atoms with Gasteiger partial charge in [0.2, 0.25) is 17.7 Å². The summed E-state index contributed by atoms with van der Waals surface area (Å²) < 4.78 is 0.765. The Morgan fingerprint density at radius 2 is 1.75 bits per heavy atom. The summed E-state index contributed by atoms with van der Waals surface area (Å²) in [6, 6.07) is 13.5. The van der Waals surface area contributed by atoms with Crippen LogP contribution < -0.4 is 10.6 Å². The molecule has 0 bridgehead atoms. The van der Waals surface area contributed by atoms with E-state index in [4.69, 9.17) is 5.73 Å². The zero-order valence-corrected chi connectivity index (χ0v) is 16.2. The average molecular weight is 438 g/mol. The Hall–Kier alpha value is -2.93. The molecule has 2 saturated heterocycles. The van der Waals surface area contributed by atoms with Gasteiger partial charge < -0.3 is 10.6 Å². The minimum atomic E-state index is -0.854. The maximum Gasteiger partial charge on any atom is 0.240 e. The van der Waals surface area contributed by atoms with Crippen molar-refractivity contribution in [3.8, 4) is 0 Å². The first-order chi connectivity index (χ1) is 13.5. The van der Waals surface area contributed by atoms with Crippen LogP contribution >= 0.6 is 15.9 Å². The lowest BCUT2D eigenvalue weighted by Crippen LogP contribution is -2.46. The number of nitrogens with two attached hydrogens (primary N) is 1. The molecule has 5 rings (SSSR count). The second kappa shape index (κ2) is 6.04. The first-order valence-corrected chi connectivity index (χ1v) is 9.75. The lowest BCUT2D eigenvalue weighted by molar-refractivity contribution is -0.129. The van der Waals surface area contributed by atoms with Gasteiger partial charge in [-0.25, -0.2) is 4.90 Å². The number of primary amides is 1. The van der Waals surface area contributed by atoms with Crippen molar-refractivity contribution in [2.24, 2.45) is 17.6 Å². The largest absolute Gasteiger partial charge is 0.368 e. The molecule has 7 heteroatoms. The first kappa shape index (κ1) is 17.2. The van der Waals surface area contributed by atoms with Gasteiger partial charge in [-0.3, -0.25) is 14.4 Å². The zero-order valence-electron chi connectivity index (χ0n) is 14.7. The molecular weight excluding hydrogens is 422 g/mol. The zero-order chi connectivity index (χ0) is 19.6. The van der Waals surface area contributed by atoms with Crippen LogP contribution in [0, 0.1) is 11.8 Å². The van der Waals surface area contributed by atoms with Gasteiger partial charge in [0, 0.05) is 10.7 Å². The second-order valence-electron chi connectivity index (χ2n) is 7.23. The molecule has 0 spiro atoms. The Morgan fingerprint density at radius 3 is 2.50 bits per heavy atom. The molecule has 3 aliphatic heterocycles. The molecule has 4 atom stereocenters. The minimum absolute atomic E-state index is 0.294. The lowest BCUT2D eigenvalue weighted by atomic mass is 9.84. The number of halogens is 1. The van der Waals surface area contributed by atoms with E-state index in [1.54, 1.807) is 29.3 Å². The highest BCUT2D eigenvalue weighted by Gasteiger charge is 2.64. The number of hydrogen-bond donors (Lipinski definition) is 1. The summed E-state index contributed by atoms with van der Waals surface area (Å²) in [5, 5.41) is 0. The number of anilines is 1. The summed E-state index contributed by atoms with van der Waals surface area (Å²) in [5.41, 5.74) is 8.10. The van der Waals surface area contributed by atoms with Crippen molar-refractivity contribution in [2.45, 2.75) is 12.1 Å². The summed E-state index contributed by atoms with van der Waals surface area (Å²) in [6.45, 7) is 0. The fourth-order valence-corrected chi connectivity index (χ4v) is 5.14. The van der Waals surface area contributed by atoms with Crippen molar-refractivity contribution in [2.75, 3.05) is 4.90 Å². The van der Waals surface area contributed by atoms with Crippen LogP contribution in [0.4, 0.5) is 5.69 Å². The molecule has 2 aromatic carbocycles. The van der Waals surface area contributed by atoms with Gasteiger partial charge in [-0.1, -0.05) is 46.3 Å². The molecule has 6 nitrogen and oxygen atoms in total. The molecule has 3 amide bonds. The van der Waals surface area contributed by atoms with Crippen LogP contribution in [0.2, 0.25) is 0 Å². The topological polar surface area (TPSA) is 83.7 Å². The van der Waals surface area contributed by atoms with Crippen LogP contribution in [0.1, 0.15) is 17.2 Å². The van der Waals surface area contributed by atoms with E-state index in [9.17, 15) is 14.4 Å². The molecule has 0 saturated carbocycles. The van der Waals surface area contributed by atoms with Crippen LogP contribution in [-0.4, -0.2) is 28.7 Å². The average Bonchev–Trinajstić information content (AvgIpc) is 3.15. The number of amides is 3. The van der Waals surface area contributed by atoms with Crippen molar-refractivity contribution in [3.63, 3.8) is 0 Å². The van der Waals surface area contributed by atoms with Gasteiger partial charge in [0.05, 0.1) is 23.6 Å². The highest BCUT2D eigenvalue weighted by atomic mass is 79.9. The number of carbonyl (C=O) groups is 3. The van der Waals surface area contributed by atoms with E-state index in [0.29, 0.717) is 5.69 Å². The van der Waals surface area contributed by atoms with E-state index in [1.165, 1.54) is 4.90 Å². The van der Waals surface area contributed by atoms with Gasteiger partial charge in [0.15, 0.2) is 0 Å². The van der Waals surface area contributed by atoms with E-state index in [1.807, 2.05) is 36.4 Å². The maximum atomic E-state index is 13.4. The van der Waals surface area contributed by atoms with Crippen molar-refractivity contribution in [1.29, 1.82) is 0 Å². The van der Waals surface area contributed by atoms with Gasteiger partial charge in [-0.2, -0.15) is 0 Å². The maximum absolute atomic E-state index is 13.4. The molecule has 140 valence electrons. The predicted molar refractivity (Wildman–Crippen MR) is 107 cm³/mol. The molecule has 0 aliphatic carbocycles. The summed E-state index contributed by atoms with van der Waals surface area (Å²) >= 11 is 3.38. The van der Waals surface area contributed by atoms with Crippen molar-refractivity contribution >= 4 is 45.4 Å². The third kappa shape index (κ3) is 2.22. The molecule has 3 aliphatic rings. The Balaban J connectivity index is 1.66. The van der Waals surface area contributed by atoms with E-state index in [-0.39, 0.29) is 11.8 Å². The molecule has 0 aromatic heterocycles. The van der Waals surface area contributed by atoms with E-state index in [0.717, 1.165) is 15.6 Å². The molecule has 2 N–H and O–H groups in total. The molecule has 0 radical (unpaired) electrons. The minimum Gasteiger partial charge on any atom is -0.368 e. The smallest absolute Gasteiger partial charge is 0.240 e. The van der Waals surface area contributed by atoms with Gasteiger partial charge >= 0.3 is 0 Å². The van der Waals surface area contributed by atoms with Crippen LogP contribution in [0.3, 0.4) is 0 Å². The number of imide groups is 1. The fourth-order valence-electron chi connectivity index (χ4n) is 4.75. The summed E-state index contributed by atoms with van der Waals surface area (Å²) in [7, 11) is 0. The van der Waals surface area contributed by atoms with Crippen LogP contribution in [-0.2, 0) is 14.4 Å². The second-order valence-corrected chi connectivity index (χ2v) is 8.14. The highest BCUT2D eigenvalue weighted by Crippen LogP contribution is 2.53. The van der Waals surface area contributed by atoms with Crippen molar-refractivity contribution in [3.05, 3.63) is 70.3 Å². The quantitative estimate of drug-likeness (QED) is 0.731. The molecule has 0 unspecified atom stereocenters. The summed E-state index contributed by atoms with van der Waals surface area (Å²) in [6.07, 6.45) is 3.68. The Bertz CT molecular complexity index is 1070. The Labute approximate surface area is 169 Å². The number of carbonyl (C=O) groups excluding carboxylic acids is 3.